The Labute approximate surface area is 96.6 Å². The molecule has 0 saturated carbocycles. The second-order valence-corrected chi connectivity index (χ2v) is 4.19. The van der Waals surface area contributed by atoms with Crippen LogP contribution in [0, 0.1) is 17.0 Å². The van der Waals surface area contributed by atoms with Gasteiger partial charge in [-0.25, -0.2) is 0 Å². The number of nitro groups is 1. The van der Waals surface area contributed by atoms with Crippen molar-refractivity contribution in [2.75, 3.05) is 0 Å². The zero-order valence-corrected chi connectivity index (χ0v) is 10.0. The van der Waals surface area contributed by atoms with Crippen molar-refractivity contribution in [2.45, 2.75) is 46.0 Å². The molecule has 0 spiro atoms. The highest BCUT2D eigenvalue weighted by molar-refractivity contribution is 5.41. The lowest BCUT2D eigenvalue weighted by Gasteiger charge is -2.03. The van der Waals surface area contributed by atoms with Crippen molar-refractivity contribution in [1.82, 2.24) is 0 Å². The highest BCUT2D eigenvalue weighted by Gasteiger charge is 2.09. The van der Waals surface area contributed by atoms with E-state index in [-0.39, 0.29) is 10.6 Å². The standard InChI is InChI=1S/C13H19NO2/c1-3-4-5-6-7-12-8-9-13(14(15)16)11(2)10-12/h8-10H,3-7H2,1-2H3. The third-order valence-electron chi connectivity index (χ3n) is 2.78. The van der Waals surface area contributed by atoms with Gasteiger partial charge in [-0.1, -0.05) is 32.3 Å². The summed E-state index contributed by atoms with van der Waals surface area (Å²) in [5.74, 6) is 0. The van der Waals surface area contributed by atoms with E-state index in [0.717, 1.165) is 12.0 Å². The van der Waals surface area contributed by atoms with Crippen LogP contribution in [-0.2, 0) is 6.42 Å². The average molecular weight is 221 g/mol. The fourth-order valence-electron chi connectivity index (χ4n) is 1.83. The maximum absolute atomic E-state index is 10.6. The summed E-state index contributed by atoms with van der Waals surface area (Å²) >= 11 is 0. The summed E-state index contributed by atoms with van der Waals surface area (Å²) in [5, 5.41) is 10.6. The lowest BCUT2D eigenvalue weighted by atomic mass is 10.0. The van der Waals surface area contributed by atoms with Gasteiger partial charge in [0.2, 0.25) is 0 Å². The number of aryl methyl sites for hydroxylation is 2. The molecule has 0 saturated heterocycles. The molecule has 0 aliphatic carbocycles. The van der Waals surface area contributed by atoms with E-state index >= 15 is 0 Å². The zero-order valence-electron chi connectivity index (χ0n) is 10.0. The third-order valence-corrected chi connectivity index (χ3v) is 2.78. The SMILES string of the molecule is CCCCCCc1ccc([N+](=O)[O-])c(C)c1. The van der Waals surface area contributed by atoms with Crippen molar-refractivity contribution in [2.24, 2.45) is 0 Å². The summed E-state index contributed by atoms with van der Waals surface area (Å²) < 4.78 is 0. The van der Waals surface area contributed by atoms with E-state index in [4.69, 9.17) is 0 Å². The van der Waals surface area contributed by atoms with Crippen LogP contribution in [0.1, 0.15) is 43.7 Å². The highest BCUT2D eigenvalue weighted by Crippen LogP contribution is 2.19. The maximum atomic E-state index is 10.6. The largest absolute Gasteiger partial charge is 0.272 e. The van der Waals surface area contributed by atoms with Crippen molar-refractivity contribution in [3.63, 3.8) is 0 Å². The van der Waals surface area contributed by atoms with E-state index in [1.165, 1.54) is 31.2 Å². The van der Waals surface area contributed by atoms with E-state index < -0.39 is 0 Å². The molecule has 3 heteroatoms. The Kier molecular flexibility index (Phi) is 4.96. The number of nitrogens with zero attached hydrogens (tertiary/aromatic N) is 1. The first-order valence-electron chi connectivity index (χ1n) is 5.89. The van der Waals surface area contributed by atoms with E-state index in [1.54, 1.807) is 13.0 Å². The van der Waals surface area contributed by atoms with Crippen molar-refractivity contribution >= 4 is 5.69 Å². The van der Waals surface area contributed by atoms with Gasteiger partial charge in [0.15, 0.2) is 0 Å². The molecule has 0 radical (unpaired) electrons. The molecule has 0 aliphatic rings. The van der Waals surface area contributed by atoms with Gasteiger partial charge in [-0.2, -0.15) is 0 Å². The maximum Gasteiger partial charge on any atom is 0.272 e. The quantitative estimate of drug-likeness (QED) is 0.413. The molecule has 0 atom stereocenters. The topological polar surface area (TPSA) is 43.1 Å². The molecule has 0 aliphatic heterocycles. The van der Waals surface area contributed by atoms with Crippen molar-refractivity contribution in [1.29, 1.82) is 0 Å². The molecule has 0 heterocycles. The lowest BCUT2D eigenvalue weighted by molar-refractivity contribution is -0.385. The van der Waals surface area contributed by atoms with E-state index in [0.29, 0.717) is 0 Å². The Morgan fingerprint density at radius 2 is 2.00 bits per heavy atom. The first-order chi connectivity index (χ1) is 7.65. The molecule has 0 fully saturated rings. The molecular weight excluding hydrogens is 202 g/mol. The van der Waals surface area contributed by atoms with Crippen LogP contribution in [0.2, 0.25) is 0 Å². The molecule has 1 aromatic rings. The minimum absolute atomic E-state index is 0.220. The summed E-state index contributed by atoms with van der Waals surface area (Å²) in [4.78, 5) is 10.3. The molecule has 1 aromatic carbocycles. The van der Waals surface area contributed by atoms with E-state index in [1.807, 2.05) is 12.1 Å². The second-order valence-electron chi connectivity index (χ2n) is 4.19. The molecule has 0 amide bonds. The first kappa shape index (κ1) is 12.7. The summed E-state index contributed by atoms with van der Waals surface area (Å²) in [6, 6.07) is 5.42. The van der Waals surface area contributed by atoms with Crippen LogP contribution in [0.5, 0.6) is 0 Å². The lowest BCUT2D eigenvalue weighted by Crippen LogP contribution is -1.93. The molecule has 1 rings (SSSR count). The van der Waals surface area contributed by atoms with Crippen molar-refractivity contribution in [3.05, 3.63) is 39.4 Å². The second kappa shape index (κ2) is 6.26. The Balaban J connectivity index is 2.56. The average Bonchev–Trinajstić information content (AvgIpc) is 2.24. The minimum Gasteiger partial charge on any atom is -0.258 e. The number of hydrogen-bond acceptors (Lipinski definition) is 2. The number of rotatable bonds is 6. The number of nitro benzene ring substituents is 1. The van der Waals surface area contributed by atoms with Crippen LogP contribution < -0.4 is 0 Å². The number of hydrogen-bond donors (Lipinski definition) is 0. The van der Waals surface area contributed by atoms with Crippen LogP contribution in [0.3, 0.4) is 0 Å². The molecule has 16 heavy (non-hydrogen) atoms. The summed E-state index contributed by atoms with van der Waals surface area (Å²) in [6.07, 6.45) is 5.95. The summed E-state index contributed by atoms with van der Waals surface area (Å²) in [6.45, 7) is 3.99. The van der Waals surface area contributed by atoms with E-state index in [2.05, 4.69) is 6.92 Å². The molecule has 0 N–H and O–H groups in total. The van der Waals surface area contributed by atoms with Gasteiger partial charge in [0, 0.05) is 11.6 Å². The minimum atomic E-state index is -0.323. The van der Waals surface area contributed by atoms with E-state index in [9.17, 15) is 10.1 Å². The van der Waals surface area contributed by atoms with Crippen LogP contribution in [0.15, 0.2) is 18.2 Å². The van der Waals surface area contributed by atoms with Gasteiger partial charge in [-0.05, 0) is 31.4 Å². The predicted octanol–water partition coefficient (Wildman–Crippen LogP) is 4.03. The Bertz CT molecular complexity index is 361. The van der Waals surface area contributed by atoms with Crippen LogP contribution >= 0.6 is 0 Å². The van der Waals surface area contributed by atoms with Gasteiger partial charge in [0.1, 0.15) is 0 Å². The van der Waals surface area contributed by atoms with Gasteiger partial charge in [0.05, 0.1) is 4.92 Å². The summed E-state index contributed by atoms with van der Waals surface area (Å²) in [5.41, 5.74) is 2.19. The fraction of sp³-hybridized carbons (Fsp3) is 0.538. The van der Waals surface area contributed by atoms with Crippen LogP contribution in [-0.4, -0.2) is 4.92 Å². The Morgan fingerprint density at radius 1 is 1.25 bits per heavy atom. The van der Waals surface area contributed by atoms with Crippen molar-refractivity contribution in [3.8, 4) is 0 Å². The van der Waals surface area contributed by atoms with Crippen LogP contribution in [0.4, 0.5) is 5.69 Å². The highest BCUT2D eigenvalue weighted by atomic mass is 16.6. The number of unbranched alkanes of at least 4 members (excludes halogenated alkanes) is 3. The zero-order chi connectivity index (χ0) is 12.0. The molecule has 88 valence electrons. The summed E-state index contributed by atoms with van der Waals surface area (Å²) in [7, 11) is 0. The third kappa shape index (κ3) is 3.65. The first-order valence-corrected chi connectivity index (χ1v) is 5.89. The smallest absolute Gasteiger partial charge is 0.258 e. The molecule has 0 aromatic heterocycles. The molecule has 3 nitrogen and oxygen atoms in total. The van der Waals surface area contributed by atoms with Gasteiger partial charge in [0.25, 0.3) is 5.69 Å². The van der Waals surface area contributed by atoms with Gasteiger partial charge >= 0.3 is 0 Å². The predicted molar refractivity (Wildman–Crippen MR) is 65.7 cm³/mol. The van der Waals surface area contributed by atoms with Gasteiger partial charge in [-0.15, -0.1) is 0 Å². The van der Waals surface area contributed by atoms with Crippen LogP contribution in [0.25, 0.3) is 0 Å². The Hall–Kier alpha value is -1.38. The normalized spacial score (nSPS) is 10.4. The monoisotopic (exact) mass is 221 g/mol. The number of benzene rings is 1. The van der Waals surface area contributed by atoms with Gasteiger partial charge in [-0.3, -0.25) is 10.1 Å². The molecule has 0 unspecified atom stereocenters. The molecular formula is C13H19NO2. The van der Waals surface area contributed by atoms with Gasteiger partial charge < -0.3 is 0 Å². The Morgan fingerprint density at radius 3 is 2.56 bits per heavy atom. The molecule has 0 bridgehead atoms. The fourth-order valence-corrected chi connectivity index (χ4v) is 1.83. The van der Waals surface area contributed by atoms with Crippen molar-refractivity contribution < 1.29 is 4.92 Å².